The van der Waals surface area contributed by atoms with Gasteiger partial charge in [-0.25, -0.2) is 0 Å². The van der Waals surface area contributed by atoms with Crippen LogP contribution in [0.3, 0.4) is 0 Å². The van der Waals surface area contributed by atoms with E-state index in [-0.39, 0.29) is 10.8 Å². The number of thiocarbonyl (C=S) groups is 1. The largest absolute Gasteiger partial charge is 0.496 e. The summed E-state index contributed by atoms with van der Waals surface area (Å²) in [7, 11) is 1.46. The summed E-state index contributed by atoms with van der Waals surface area (Å²) >= 11 is 5.25. The summed E-state index contributed by atoms with van der Waals surface area (Å²) in [6, 6.07) is 10.4. The Morgan fingerprint density at radius 3 is 2.52 bits per heavy atom. The number of hydrogen-bond donors (Lipinski definition) is 2. The molecule has 2 rings (SSSR count). The van der Waals surface area contributed by atoms with Crippen molar-refractivity contribution >= 4 is 34.4 Å². The molecule has 0 aliphatic carbocycles. The highest BCUT2D eigenvalue weighted by Crippen LogP contribution is 2.29. The van der Waals surface area contributed by atoms with Crippen molar-refractivity contribution in [1.82, 2.24) is 0 Å². The molecule has 0 saturated heterocycles. The Morgan fingerprint density at radius 1 is 1.17 bits per heavy atom. The number of aryl methyl sites for hydroxylation is 1. The van der Waals surface area contributed by atoms with Gasteiger partial charge in [0.05, 0.1) is 18.1 Å². The van der Waals surface area contributed by atoms with Crippen LogP contribution >= 0.6 is 12.2 Å². The molecule has 7 heteroatoms. The number of nitro groups is 1. The fraction of sp³-hybridized carbons (Fsp3) is 0.188. The molecule has 6 nitrogen and oxygen atoms in total. The van der Waals surface area contributed by atoms with Crippen molar-refractivity contribution in [2.24, 2.45) is 0 Å². The molecule has 0 fully saturated rings. The summed E-state index contributed by atoms with van der Waals surface area (Å²) in [5.41, 5.74) is 3.26. The van der Waals surface area contributed by atoms with Gasteiger partial charge >= 0.3 is 0 Å². The van der Waals surface area contributed by atoms with E-state index in [1.165, 1.54) is 13.2 Å². The number of nitro benzene ring substituents is 1. The standard InChI is InChI=1S/C16H17N3O3S/c1-10-5-4-6-13(11(10)2)17-16(23)18-14-8-7-12(22-3)9-15(14)19(20)21/h4-9H,1-3H3,(H2,17,18,23). The molecule has 2 N–H and O–H groups in total. The van der Waals surface area contributed by atoms with E-state index < -0.39 is 4.92 Å². The van der Waals surface area contributed by atoms with Crippen molar-refractivity contribution in [1.29, 1.82) is 0 Å². The number of nitrogens with one attached hydrogen (secondary N) is 2. The molecule has 0 radical (unpaired) electrons. The second kappa shape index (κ2) is 7.06. The van der Waals surface area contributed by atoms with E-state index in [2.05, 4.69) is 10.6 Å². The van der Waals surface area contributed by atoms with Crippen molar-refractivity contribution in [3.05, 3.63) is 57.6 Å². The number of methoxy groups -OCH3 is 1. The minimum atomic E-state index is -0.481. The van der Waals surface area contributed by atoms with E-state index >= 15 is 0 Å². The number of anilines is 2. The van der Waals surface area contributed by atoms with Gasteiger partial charge in [0.15, 0.2) is 5.11 Å². The van der Waals surface area contributed by atoms with Crippen LogP contribution in [-0.4, -0.2) is 17.1 Å². The quantitative estimate of drug-likeness (QED) is 0.500. The summed E-state index contributed by atoms with van der Waals surface area (Å²) in [5.74, 6) is 0.413. The van der Waals surface area contributed by atoms with Gasteiger partial charge < -0.3 is 15.4 Å². The van der Waals surface area contributed by atoms with Crippen LogP contribution in [0, 0.1) is 24.0 Å². The highest BCUT2D eigenvalue weighted by molar-refractivity contribution is 7.80. The molecule has 0 aliphatic heterocycles. The van der Waals surface area contributed by atoms with E-state index in [1.807, 2.05) is 32.0 Å². The Morgan fingerprint density at radius 2 is 1.87 bits per heavy atom. The van der Waals surface area contributed by atoms with E-state index in [0.717, 1.165) is 16.8 Å². The Bertz CT molecular complexity index is 762. The molecule has 0 unspecified atom stereocenters. The average Bonchev–Trinajstić information content (AvgIpc) is 2.52. The Kier molecular flexibility index (Phi) is 5.13. The predicted octanol–water partition coefficient (Wildman–Crippen LogP) is 4.03. The van der Waals surface area contributed by atoms with Gasteiger partial charge in [0, 0.05) is 5.69 Å². The van der Waals surface area contributed by atoms with Crippen molar-refractivity contribution in [3.8, 4) is 5.75 Å². The third-order valence-corrected chi connectivity index (χ3v) is 3.71. The zero-order chi connectivity index (χ0) is 17.0. The van der Waals surface area contributed by atoms with Crippen LogP contribution in [0.1, 0.15) is 11.1 Å². The molecule has 0 amide bonds. The summed E-state index contributed by atoms with van der Waals surface area (Å²) < 4.78 is 5.01. The van der Waals surface area contributed by atoms with Crippen LogP contribution in [0.2, 0.25) is 0 Å². The molecule has 0 spiro atoms. The van der Waals surface area contributed by atoms with Gasteiger partial charge in [0.1, 0.15) is 11.4 Å². The number of ether oxygens (including phenoxy) is 1. The third-order valence-electron chi connectivity index (χ3n) is 3.50. The molecule has 0 atom stereocenters. The maximum atomic E-state index is 11.2. The minimum absolute atomic E-state index is 0.102. The first-order valence-electron chi connectivity index (χ1n) is 6.89. The van der Waals surface area contributed by atoms with Crippen molar-refractivity contribution in [2.75, 3.05) is 17.7 Å². The number of hydrogen-bond acceptors (Lipinski definition) is 4. The van der Waals surface area contributed by atoms with Crippen molar-refractivity contribution in [2.45, 2.75) is 13.8 Å². The number of rotatable bonds is 4. The lowest BCUT2D eigenvalue weighted by Gasteiger charge is -2.14. The smallest absolute Gasteiger partial charge is 0.296 e. The fourth-order valence-corrected chi connectivity index (χ4v) is 2.28. The van der Waals surface area contributed by atoms with Crippen molar-refractivity contribution < 1.29 is 9.66 Å². The second-order valence-corrected chi connectivity index (χ2v) is 5.38. The normalized spacial score (nSPS) is 10.0. The molecule has 2 aromatic carbocycles. The Labute approximate surface area is 139 Å². The van der Waals surface area contributed by atoms with E-state index in [1.54, 1.807) is 12.1 Å². The van der Waals surface area contributed by atoms with Crippen LogP contribution in [0.25, 0.3) is 0 Å². The molecule has 0 saturated carbocycles. The van der Waals surface area contributed by atoms with Crippen LogP contribution < -0.4 is 15.4 Å². The second-order valence-electron chi connectivity index (χ2n) is 4.97. The van der Waals surface area contributed by atoms with Gasteiger partial charge in [0.2, 0.25) is 0 Å². The van der Waals surface area contributed by atoms with Gasteiger partial charge in [-0.1, -0.05) is 12.1 Å². The molecule has 0 bridgehead atoms. The topological polar surface area (TPSA) is 76.4 Å². The molecular weight excluding hydrogens is 314 g/mol. The zero-order valence-electron chi connectivity index (χ0n) is 13.0. The molecule has 0 aromatic heterocycles. The lowest BCUT2D eigenvalue weighted by atomic mass is 10.1. The van der Waals surface area contributed by atoms with E-state index in [0.29, 0.717) is 11.4 Å². The fourth-order valence-electron chi connectivity index (χ4n) is 2.06. The Balaban J connectivity index is 2.20. The zero-order valence-corrected chi connectivity index (χ0v) is 13.9. The first-order valence-corrected chi connectivity index (χ1v) is 7.30. The van der Waals surface area contributed by atoms with Crippen LogP contribution in [0.5, 0.6) is 5.75 Å². The first-order chi connectivity index (χ1) is 10.9. The first kappa shape index (κ1) is 16.7. The maximum Gasteiger partial charge on any atom is 0.296 e. The molecule has 23 heavy (non-hydrogen) atoms. The summed E-state index contributed by atoms with van der Waals surface area (Å²) in [6.07, 6.45) is 0. The van der Waals surface area contributed by atoms with E-state index in [4.69, 9.17) is 17.0 Å². The van der Waals surface area contributed by atoms with Crippen LogP contribution in [0.15, 0.2) is 36.4 Å². The van der Waals surface area contributed by atoms with Crippen LogP contribution in [0.4, 0.5) is 17.1 Å². The highest BCUT2D eigenvalue weighted by Gasteiger charge is 2.16. The number of nitrogens with zero attached hydrogens (tertiary/aromatic N) is 1. The maximum absolute atomic E-state index is 11.2. The van der Waals surface area contributed by atoms with Gasteiger partial charge in [0.25, 0.3) is 5.69 Å². The molecule has 0 aliphatic rings. The van der Waals surface area contributed by atoms with Gasteiger partial charge in [-0.15, -0.1) is 0 Å². The third kappa shape index (κ3) is 3.95. The van der Waals surface area contributed by atoms with Gasteiger partial charge in [-0.3, -0.25) is 10.1 Å². The molecule has 2 aromatic rings. The number of benzene rings is 2. The predicted molar refractivity (Wildman–Crippen MR) is 95.4 cm³/mol. The molecular formula is C16H17N3O3S. The summed E-state index contributed by atoms with van der Waals surface area (Å²) in [6.45, 7) is 3.99. The Hall–Kier alpha value is -2.67. The molecule has 0 heterocycles. The summed E-state index contributed by atoms with van der Waals surface area (Å²) in [5, 5.41) is 17.4. The molecule has 120 valence electrons. The SMILES string of the molecule is COc1ccc(NC(=S)Nc2cccc(C)c2C)c([N+](=O)[O-])c1. The van der Waals surface area contributed by atoms with E-state index in [9.17, 15) is 10.1 Å². The summed E-state index contributed by atoms with van der Waals surface area (Å²) in [4.78, 5) is 10.7. The average molecular weight is 331 g/mol. The van der Waals surface area contributed by atoms with Crippen molar-refractivity contribution in [3.63, 3.8) is 0 Å². The van der Waals surface area contributed by atoms with Crippen LogP contribution in [-0.2, 0) is 0 Å². The highest BCUT2D eigenvalue weighted by atomic mass is 32.1. The lowest BCUT2D eigenvalue weighted by Crippen LogP contribution is -2.20. The van der Waals surface area contributed by atoms with Gasteiger partial charge in [-0.05, 0) is 55.4 Å². The van der Waals surface area contributed by atoms with Gasteiger partial charge in [-0.2, -0.15) is 0 Å². The lowest BCUT2D eigenvalue weighted by molar-refractivity contribution is -0.384. The minimum Gasteiger partial charge on any atom is -0.496 e. The monoisotopic (exact) mass is 331 g/mol.